The average Bonchev–Trinajstić information content (AvgIpc) is 3.09. The number of fused-ring (bicyclic) bond motifs is 1. The fraction of sp³-hybridized carbons (Fsp3) is 0.385. The predicted molar refractivity (Wildman–Crippen MR) is 192 cm³/mol. The van der Waals surface area contributed by atoms with E-state index >= 15 is 0 Å². The average molecular weight is 656 g/mol. The van der Waals surface area contributed by atoms with Gasteiger partial charge in [-0.1, -0.05) is 49.9 Å². The van der Waals surface area contributed by atoms with Gasteiger partial charge in [-0.3, -0.25) is 9.79 Å². The van der Waals surface area contributed by atoms with Crippen molar-refractivity contribution in [2.75, 3.05) is 19.5 Å². The first-order valence-corrected chi connectivity index (χ1v) is 16.7. The summed E-state index contributed by atoms with van der Waals surface area (Å²) in [5.41, 5.74) is 10.4. The van der Waals surface area contributed by atoms with Crippen LogP contribution in [0.2, 0.25) is 0 Å². The Morgan fingerprint density at radius 3 is 2.44 bits per heavy atom. The highest BCUT2D eigenvalue weighted by molar-refractivity contribution is 5.92. The number of aryl methyl sites for hydroxylation is 2. The van der Waals surface area contributed by atoms with E-state index in [1.54, 1.807) is 26.3 Å². The minimum absolute atomic E-state index is 0.0410. The molecule has 0 aromatic heterocycles. The maximum Gasteiger partial charge on any atom is 0.192 e. The third kappa shape index (κ3) is 11.3. The number of carbonyl (C=O) groups is 1. The van der Waals surface area contributed by atoms with Crippen LogP contribution in [0.5, 0.6) is 17.2 Å². The van der Waals surface area contributed by atoms with E-state index in [9.17, 15) is 20.1 Å². The maximum absolute atomic E-state index is 12.7. The van der Waals surface area contributed by atoms with Gasteiger partial charge in [-0.2, -0.15) is 0 Å². The molecule has 0 heterocycles. The zero-order valence-electron chi connectivity index (χ0n) is 28.1. The van der Waals surface area contributed by atoms with Crippen LogP contribution >= 0.6 is 0 Å². The highest BCUT2D eigenvalue weighted by atomic mass is 16.5. The van der Waals surface area contributed by atoms with Gasteiger partial charge in [0, 0.05) is 25.6 Å². The van der Waals surface area contributed by atoms with E-state index in [-0.39, 0.29) is 31.2 Å². The molecule has 0 unspecified atom stereocenters. The molecule has 4 aromatic rings. The molecule has 48 heavy (non-hydrogen) atoms. The third-order valence-corrected chi connectivity index (χ3v) is 8.52. The number of guanidine groups is 1. The minimum Gasteiger partial charge on any atom is -0.508 e. The molecule has 0 saturated carbocycles. The lowest BCUT2D eigenvalue weighted by molar-refractivity contribution is -0.121. The molecule has 9 heteroatoms. The smallest absolute Gasteiger partial charge is 0.192 e. The van der Waals surface area contributed by atoms with Crippen molar-refractivity contribution in [3.05, 3.63) is 95.1 Å². The Labute approximate surface area is 283 Å². The van der Waals surface area contributed by atoms with E-state index in [1.807, 2.05) is 48.5 Å². The van der Waals surface area contributed by atoms with Crippen molar-refractivity contribution in [3.63, 3.8) is 0 Å². The van der Waals surface area contributed by atoms with Crippen molar-refractivity contribution in [1.82, 2.24) is 0 Å². The number of aliphatic hydroxyl groups excluding tert-OH is 2. The normalized spacial score (nSPS) is 12.2. The summed E-state index contributed by atoms with van der Waals surface area (Å²) in [6, 6.07) is 22.8. The van der Waals surface area contributed by atoms with Crippen LogP contribution in [0.4, 0.5) is 5.69 Å². The van der Waals surface area contributed by atoms with Crippen molar-refractivity contribution in [1.29, 1.82) is 0 Å². The van der Waals surface area contributed by atoms with Crippen LogP contribution in [0.1, 0.15) is 73.6 Å². The first kappa shape index (κ1) is 36.2. The molecule has 4 rings (SSSR count). The van der Waals surface area contributed by atoms with Gasteiger partial charge < -0.3 is 35.8 Å². The highest BCUT2D eigenvalue weighted by Gasteiger charge is 2.14. The Bertz CT molecular complexity index is 1670. The van der Waals surface area contributed by atoms with Crippen LogP contribution in [0.15, 0.2) is 77.8 Å². The van der Waals surface area contributed by atoms with Gasteiger partial charge in [0.05, 0.1) is 19.8 Å². The number of aromatic hydroxyl groups is 1. The van der Waals surface area contributed by atoms with E-state index < -0.39 is 6.10 Å². The summed E-state index contributed by atoms with van der Waals surface area (Å²) >= 11 is 0. The zero-order chi connectivity index (χ0) is 34.3. The molecular weight excluding hydrogens is 606 g/mol. The SMILES string of the molecule is CN=C(N)Nc1cccc(CCCCCCC[C@H](O)CC(=O)CCc2ccc(OC)c(OCc3cc4ccc(O)cc4cc3CO)c2)c1. The summed E-state index contributed by atoms with van der Waals surface area (Å²) in [7, 11) is 3.23. The van der Waals surface area contributed by atoms with Crippen LogP contribution in [0.3, 0.4) is 0 Å². The van der Waals surface area contributed by atoms with Crippen molar-refractivity contribution in [3.8, 4) is 17.2 Å². The molecule has 0 fully saturated rings. The summed E-state index contributed by atoms with van der Waals surface area (Å²) < 4.78 is 11.6. The standard InChI is InChI=1S/C39H49N3O6/c1-41-39(40)42-33-11-8-10-27(19-33)9-6-4-3-5-7-12-34(44)24-36(46)16-13-28-14-18-37(47-2)38(20-28)48-26-32-21-29-15-17-35(45)23-30(29)22-31(32)25-43/h8,10-11,14-15,17-23,34,43-45H,3-7,9,12-13,16,24-26H2,1-2H3,(H3,40,41,42)/t34-/m0/s1. The van der Waals surface area contributed by atoms with Crippen molar-refractivity contribution >= 4 is 28.2 Å². The number of ketones is 1. The first-order valence-electron chi connectivity index (χ1n) is 16.7. The quantitative estimate of drug-likeness (QED) is 0.0420. The summed E-state index contributed by atoms with van der Waals surface area (Å²) in [6.07, 6.45) is 7.31. The van der Waals surface area contributed by atoms with Crippen molar-refractivity contribution in [2.45, 2.75) is 83.5 Å². The molecule has 4 aromatic carbocycles. The molecule has 0 aliphatic rings. The maximum atomic E-state index is 12.7. The first-order chi connectivity index (χ1) is 23.3. The Morgan fingerprint density at radius 2 is 1.65 bits per heavy atom. The van der Waals surface area contributed by atoms with Crippen LogP contribution in [-0.2, 0) is 30.8 Å². The number of phenols is 1. The van der Waals surface area contributed by atoms with Crippen LogP contribution in [0.25, 0.3) is 10.8 Å². The molecular formula is C39H49N3O6. The lowest BCUT2D eigenvalue weighted by Crippen LogP contribution is -2.21. The Morgan fingerprint density at radius 1 is 0.875 bits per heavy atom. The minimum atomic E-state index is -0.617. The van der Waals surface area contributed by atoms with Gasteiger partial charge in [0.15, 0.2) is 17.5 Å². The largest absolute Gasteiger partial charge is 0.508 e. The van der Waals surface area contributed by atoms with Crippen LogP contribution in [0, 0.1) is 0 Å². The van der Waals surface area contributed by atoms with E-state index in [2.05, 4.69) is 22.4 Å². The number of hydrogen-bond acceptors (Lipinski definition) is 7. The number of nitrogens with zero attached hydrogens (tertiary/aromatic N) is 1. The number of hydrogen-bond donors (Lipinski definition) is 5. The number of nitrogens with two attached hydrogens (primary N) is 1. The lowest BCUT2D eigenvalue weighted by Gasteiger charge is -2.15. The number of carbonyl (C=O) groups excluding carboxylic acids is 1. The summed E-state index contributed by atoms with van der Waals surface area (Å²) in [4.78, 5) is 16.6. The summed E-state index contributed by atoms with van der Waals surface area (Å²) in [5, 5.41) is 35.1. The molecule has 0 saturated heterocycles. The number of methoxy groups -OCH3 is 1. The van der Waals surface area contributed by atoms with Gasteiger partial charge in [-0.25, -0.2) is 0 Å². The monoisotopic (exact) mass is 655 g/mol. The zero-order valence-corrected chi connectivity index (χ0v) is 28.1. The topological polar surface area (TPSA) is 147 Å². The van der Waals surface area contributed by atoms with Gasteiger partial charge in [-0.05, 0) is 107 Å². The number of aliphatic imine (C=N–C) groups is 1. The van der Waals surface area contributed by atoms with E-state index in [1.165, 1.54) is 5.56 Å². The van der Waals surface area contributed by atoms with Crippen molar-refractivity contribution < 1.29 is 29.6 Å². The molecule has 0 aliphatic carbocycles. The number of benzene rings is 4. The van der Waals surface area contributed by atoms with Gasteiger partial charge in [-0.15, -0.1) is 0 Å². The number of ether oxygens (including phenoxy) is 2. The van der Waals surface area contributed by atoms with Gasteiger partial charge in [0.2, 0.25) is 0 Å². The number of rotatable bonds is 19. The van der Waals surface area contributed by atoms with Gasteiger partial charge in [0.25, 0.3) is 0 Å². The lowest BCUT2D eigenvalue weighted by atomic mass is 10.00. The van der Waals surface area contributed by atoms with E-state index in [0.29, 0.717) is 42.3 Å². The molecule has 0 amide bonds. The van der Waals surface area contributed by atoms with E-state index in [0.717, 1.165) is 66.1 Å². The molecule has 256 valence electrons. The third-order valence-electron chi connectivity index (χ3n) is 8.52. The Hall–Kier alpha value is -4.60. The summed E-state index contributed by atoms with van der Waals surface area (Å²) in [6.45, 7) is 0.0600. The fourth-order valence-corrected chi connectivity index (χ4v) is 5.80. The second kappa shape index (κ2) is 18.7. The Balaban J connectivity index is 1.16. The molecule has 1 atom stereocenters. The highest BCUT2D eigenvalue weighted by Crippen LogP contribution is 2.31. The van der Waals surface area contributed by atoms with Crippen LogP contribution in [-0.4, -0.2) is 47.3 Å². The second-order valence-corrected chi connectivity index (χ2v) is 12.2. The molecule has 9 nitrogen and oxygen atoms in total. The number of aliphatic hydroxyl groups is 2. The number of phenolic OH excluding ortho intramolecular Hbond substituents is 1. The van der Waals surface area contributed by atoms with Gasteiger partial charge in [0.1, 0.15) is 18.1 Å². The number of Topliss-reactive ketones (excluding diaryl/α,β-unsaturated/α-hetero) is 1. The van der Waals surface area contributed by atoms with Crippen molar-refractivity contribution in [2.24, 2.45) is 10.7 Å². The fourth-order valence-electron chi connectivity index (χ4n) is 5.80. The second-order valence-electron chi connectivity index (χ2n) is 12.2. The predicted octanol–water partition coefficient (Wildman–Crippen LogP) is 6.82. The molecule has 0 bridgehead atoms. The Kier molecular flexibility index (Phi) is 14.1. The van der Waals surface area contributed by atoms with Crippen LogP contribution < -0.4 is 20.5 Å². The summed E-state index contributed by atoms with van der Waals surface area (Å²) in [5.74, 6) is 1.73. The number of anilines is 1. The molecule has 0 spiro atoms. The number of unbranched alkanes of at least 4 members (excludes halogenated alkanes) is 4. The molecule has 6 N–H and O–H groups in total. The molecule has 0 aliphatic heterocycles. The number of nitrogens with one attached hydrogen (secondary N) is 1. The molecule has 0 radical (unpaired) electrons. The van der Waals surface area contributed by atoms with Gasteiger partial charge >= 0.3 is 0 Å². The van der Waals surface area contributed by atoms with E-state index in [4.69, 9.17) is 15.2 Å².